The van der Waals surface area contributed by atoms with Gasteiger partial charge < -0.3 is 9.64 Å². The molecule has 0 radical (unpaired) electrons. The van der Waals surface area contributed by atoms with Gasteiger partial charge in [0, 0.05) is 25.2 Å². The smallest absolute Gasteiger partial charge is 0.262 e. The van der Waals surface area contributed by atoms with Gasteiger partial charge in [-0.3, -0.25) is 14.2 Å². The van der Waals surface area contributed by atoms with Crippen molar-refractivity contribution in [3.05, 3.63) is 33.6 Å². The van der Waals surface area contributed by atoms with Crippen molar-refractivity contribution in [2.24, 2.45) is 5.92 Å². The summed E-state index contributed by atoms with van der Waals surface area (Å²) in [6, 6.07) is 5.04. The molecule has 0 aliphatic carbocycles. The summed E-state index contributed by atoms with van der Waals surface area (Å²) in [7, 11) is 1.59. The van der Waals surface area contributed by atoms with Gasteiger partial charge in [-0.1, -0.05) is 30.3 Å². The van der Waals surface area contributed by atoms with Gasteiger partial charge in [-0.2, -0.15) is 0 Å². The fourth-order valence-corrected chi connectivity index (χ4v) is 4.23. The van der Waals surface area contributed by atoms with Crippen molar-refractivity contribution < 1.29 is 9.53 Å². The lowest BCUT2D eigenvalue weighted by Gasteiger charge is -2.30. The third kappa shape index (κ3) is 4.83. The average molecular weight is 410 g/mol. The van der Waals surface area contributed by atoms with E-state index in [1.807, 2.05) is 4.90 Å². The summed E-state index contributed by atoms with van der Waals surface area (Å²) in [4.78, 5) is 31.9. The van der Waals surface area contributed by atoms with Gasteiger partial charge >= 0.3 is 0 Å². The predicted molar refractivity (Wildman–Crippen MR) is 109 cm³/mol. The Morgan fingerprint density at radius 3 is 2.81 bits per heavy atom. The van der Waals surface area contributed by atoms with Gasteiger partial charge in [-0.15, -0.1) is 0 Å². The highest BCUT2D eigenvalue weighted by Gasteiger charge is 2.21. The number of nitrogens with zero attached hydrogens (tertiary/aromatic N) is 3. The molecular formula is C19H24ClN3O3S. The van der Waals surface area contributed by atoms with Gasteiger partial charge in [0.25, 0.3) is 5.56 Å². The molecule has 0 unspecified atom stereocenters. The second kappa shape index (κ2) is 9.08. The Balaban J connectivity index is 1.83. The zero-order chi connectivity index (χ0) is 19.4. The van der Waals surface area contributed by atoms with E-state index in [4.69, 9.17) is 16.3 Å². The van der Waals surface area contributed by atoms with Crippen molar-refractivity contribution >= 4 is 40.2 Å². The lowest BCUT2D eigenvalue weighted by atomic mass is 9.99. The second-order valence-electron chi connectivity index (χ2n) is 6.86. The van der Waals surface area contributed by atoms with Crippen LogP contribution in [0.5, 0.6) is 0 Å². The first-order chi connectivity index (χ1) is 13.0. The minimum atomic E-state index is -0.143. The molecule has 2 heterocycles. The molecule has 27 heavy (non-hydrogen) atoms. The standard InChI is InChI=1S/C19H24ClN3O3S/c1-13-5-7-22(8-6-13)17(24)12-27-19-21-16-11-14(20)3-4-15(16)18(25)23(19)9-10-26-2/h3-4,11,13H,5-10,12H2,1-2H3. The first-order valence-electron chi connectivity index (χ1n) is 9.09. The summed E-state index contributed by atoms with van der Waals surface area (Å²) in [6.07, 6.45) is 2.09. The number of ether oxygens (including phenoxy) is 1. The Hall–Kier alpha value is -1.57. The van der Waals surface area contributed by atoms with Gasteiger partial charge in [-0.05, 0) is 37.0 Å². The van der Waals surface area contributed by atoms with Crippen molar-refractivity contribution in [1.82, 2.24) is 14.5 Å². The Labute approximate surface area is 167 Å². The van der Waals surface area contributed by atoms with E-state index in [9.17, 15) is 9.59 Å². The first-order valence-corrected chi connectivity index (χ1v) is 10.5. The number of thioether (sulfide) groups is 1. The fourth-order valence-electron chi connectivity index (χ4n) is 3.14. The van der Waals surface area contributed by atoms with Gasteiger partial charge in [-0.25, -0.2) is 4.98 Å². The van der Waals surface area contributed by atoms with E-state index in [0.717, 1.165) is 25.9 Å². The number of carbonyl (C=O) groups is 1. The number of methoxy groups -OCH3 is 1. The summed E-state index contributed by atoms with van der Waals surface area (Å²) in [5.74, 6) is 1.03. The number of rotatable bonds is 6. The van der Waals surface area contributed by atoms with Crippen LogP contribution in [-0.2, 0) is 16.1 Å². The van der Waals surface area contributed by atoms with Crippen LogP contribution < -0.4 is 5.56 Å². The van der Waals surface area contributed by atoms with Gasteiger partial charge in [0.15, 0.2) is 5.16 Å². The zero-order valence-electron chi connectivity index (χ0n) is 15.6. The van der Waals surface area contributed by atoms with Crippen LogP contribution in [0.2, 0.25) is 5.02 Å². The lowest BCUT2D eigenvalue weighted by molar-refractivity contribution is -0.129. The number of carbonyl (C=O) groups excluding carboxylic acids is 1. The summed E-state index contributed by atoms with van der Waals surface area (Å²) in [5.41, 5.74) is 0.401. The Bertz CT molecular complexity index is 878. The SMILES string of the molecule is COCCn1c(SCC(=O)N2CCC(C)CC2)nc2cc(Cl)ccc2c1=O. The highest BCUT2D eigenvalue weighted by Crippen LogP contribution is 2.22. The molecular weight excluding hydrogens is 386 g/mol. The highest BCUT2D eigenvalue weighted by atomic mass is 35.5. The van der Waals surface area contributed by atoms with Crippen LogP contribution in [0.3, 0.4) is 0 Å². The van der Waals surface area contributed by atoms with Crippen molar-refractivity contribution in [3.8, 4) is 0 Å². The quantitative estimate of drug-likeness (QED) is 0.542. The Morgan fingerprint density at radius 2 is 2.11 bits per heavy atom. The predicted octanol–water partition coefficient (Wildman–Crippen LogP) is 3.05. The highest BCUT2D eigenvalue weighted by molar-refractivity contribution is 7.99. The van der Waals surface area contributed by atoms with Crippen LogP contribution in [-0.4, -0.2) is 52.9 Å². The lowest BCUT2D eigenvalue weighted by Crippen LogP contribution is -2.39. The molecule has 1 aromatic carbocycles. The van der Waals surface area contributed by atoms with Crippen molar-refractivity contribution in [2.45, 2.75) is 31.5 Å². The Morgan fingerprint density at radius 1 is 1.37 bits per heavy atom. The molecule has 0 atom stereocenters. The fraction of sp³-hybridized carbons (Fsp3) is 0.526. The number of amides is 1. The third-order valence-electron chi connectivity index (χ3n) is 4.86. The molecule has 0 saturated carbocycles. The van der Waals surface area contributed by atoms with Gasteiger partial charge in [0.1, 0.15) is 0 Å². The number of likely N-dealkylation sites (tertiary alicyclic amines) is 1. The van der Waals surface area contributed by atoms with E-state index in [0.29, 0.717) is 40.2 Å². The van der Waals surface area contributed by atoms with Crippen LogP contribution in [0.1, 0.15) is 19.8 Å². The summed E-state index contributed by atoms with van der Waals surface area (Å²) >= 11 is 7.35. The molecule has 8 heteroatoms. The monoisotopic (exact) mass is 409 g/mol. The molecule has 0 spiro atoms. The summed E-state index contributed by atoms with van der Waals surface area (Å²) in [6.45, 7) is 4.61. The number of fused-ring (bicyclic) bond motifs is 1. The first kappa shape index (κ1) is 20.2. The number of halogens is 1. The number of benzene rings is 1. The van der Waals surface area contributed by atoms with E-state index in [1.165, 1.54) is 11.8 Å². The number of aromatic nitrogens is 2. The second-order valence-corrected chi connectivity index (χ2v) is 8.24. The maximum atomic E-state index is 12.9. The Kier molecular flexibility index (Phi) is 6.78. The molecule has 6 nitrogen and oxygen atoms in total. The van der Waals surface area contributed by atoms with Crippen LogP contribution >= 0.6 is 23.4 Å². The average Bonchev–Trinajstić information content (AvgIpc) is 2.66. The molecule has 1 amide bonds. The maximum Gasteiger partial charge on any atom is 0.262 e. The number of hydrogen-bond acceptors (Lipinski definition) is 5. The summed E-state index contributed by atoms with van der Waals surface area (Å²) in [5, 5.41) is 1.56. The maximum absolute atomic E-state index is 12.9. The summed E-state index contributed by atoms with van der Waals surface area (Å²) < 4.78 is 6.70. The molecule has 0 N–H and O–H groups in total. The minimum Gasteiger partial charge on any atom is -0.383 e. The van der Waals surface area contributed by atoms with E-state index in [2.05, 4.69) is 11.9 Å². The van der Waals surface area contributed by atoms with E-state index in [1.54, 1.807) is 29.9 Å². The van der Waals surface area contributed by atoms with Crippen molar-refractivity contribution in [3.63, 3.8) is 0 Å². The molecule has 1 saturated heterocycles. The normalized spacial score (nSPS) is 15.4. The topological polar surface area (TPSA) is 64.4 Å². The number of hydrogen-bond donors (Lipinski definition) is 0. The van der Waals surface area contributed by atoms with E-state index >= 15 is 0 Å². The number of piperidine rings is 1. The molecule has 1 aliphatic heterocycles. The van der Waals surface area contributed by atoms with Crippen molar-refractivity contribution in [2.75, 3.05) is 32.6 Å². The van der Waals surface area contributed by atoms with Crippen molar-refractivity contribution in [1.29, 1.82) is 0 Å². The van der Waals surface area contributed by atoms with E-state index < -0.39 is 0 Å². The zero-order valence-corrected chi connectivity index (χ0v) is 17.2. The minimum absolute atomic E-state index is 0.0885. The van der Waals surface area contributed by atoms with Gasteiger partial charge in [0.05, 0.1) is 29.8 Å². The molecule has 0 bridgehead atoms. The van der Waals surface area contributed by atoms with Crippen LogP contribution in [0, 0.1) is 5.92 Å². The molecule has 3 rings (SSSR count). The molecule has 1 aromatic heterocycles. The molecule has 2 aromatic rings. The molecule has 146 valence electrons. The van der Waals surface area contributed by atoms with Gasteiger partial charge in [0.2, 0.25) is 5.91 Å². The largest absolute Gasteiger partial charge is 0.383 e. The molecule has 1 fully saturated rings. The third-order valence-corrected chi connectivity index (χ3v) is 6.06. The van der Waals surface area contributed by atoms with Crippen LogP contribution in [0.25, 0.3) is 10.9 Å². The van der Waals surface area contributed by atoms with Crippen LogP contribution in [0.4, 0.5) is 0 Å². The van der Waals surface area contributed by atoms with E-state index in [-0.39, 0.29) is 17.2 Å². The molecule has 1 aliphatic rings. The van der Waals surface area contributed by atoms with Crippen LogP contribution in [0.15, 0.2) is 28.2 Å².